The molecule has 0 saturated carbocycles. The van der Waals surface area contributed by atoms with Crippen LogP contribution in [0.4, 0.5) is 0 Å². The Labute approximate surface area is 106 Å². The highest BCUT2D eigenvalue weighted by Gasteiger charge is 2.12. The molecule has 0 amide bonds. The molecule has 17 heavy (non-hydrogen) atoms. The molecule has 0 spiro atoms. The Balaban J connectivity index is 2.20. The number of nitrogens with two attached hydrogens (primary N) is 1. The predicted molar refractivity (Wildman–Crippen MR) is 68.7 cm³/mol. The van der Waals surface area contributed by atoms with Crippen molar-refractivity contribution in [2.45, 2.75) is 19.4 Å². The van der Waals surface area contributed by atoms with E-state index in [1.165, 1.54) is 0 Å². The molecular weight excluding hydrogens is 236 g/mol. The lowest BCUT2D eigenvalue weighted by Gasteiger charge is -2.16. The van der Waals surface area contributed by atoms with Crippen LogP contribution in [-0.4, -0.2) is 0 Å². The van der Waals surface area contributed by atoms with Crippen LogP contribution >= 0.6 is 11.6 Å². The average molecular weight is 251 g/mol. The van der Waals surface area contributed by atoms with Gasteiger partial charge in [-0.25, -0.2) is 0 Å². The van der Waals surface area contributed by atoms with E-state index in [2.05, 4.69) is 5.43 Å². The number of hydrogen-bond acceptors (Lipinski definition) is 3. The molecule has 0 aliphatic carbocycles. The van der Waals surface area contributed by atoms with E-state index in [0.717, 1.165) is 28.1 Å². The number of hydrazine groups is 1. The highest BCUT2D eigenvalue weighted by molar-refractivity contribution is 6.31. The van der Waals surface area contributed by atoms with E-state index in [9.17, 15) is 0 Å². The largest absolute Gasteiger partial charge is 0.472 e. The van der Waals surface area contributed by atoms with Gasteiger partial charge in [0, 0.05) is 5.02 Å². The maximum Gasteiger partial charge on any atom is 0.0935 e. The van der Waals surface area contributed by atoms with E-state index in [-0.39, 0.29) is 6.04 Å². The number of furan rings is 1. The molecule has 90 valence electrons. The highest BCUT2D eigenvalue weighted by Crippen LogP contribution is 2.23. The minimum Gasteiger partial charge on any atom is -0.472 e. The van der Waals surface area contributed by atoms with Crippen molar-refractivity contribution in [2.75, 3.05) is 0 Å². The van der Waals surface area contributed by atoms with Crippen molar-refractivity contribution in [3.63, 3.8) is 0 Å². The van der Waals surface area contributed by atoms with Crippen molar-refractivity contribution in [3.05, 3.63) is 58.5 Å². The van der Waals surface area contributed by atoms with Crippen LogP contribution in [-0.2, 0) is 6.42 Å². The monoisotopic (exact) mass is 250 g/mol. The summed E-state index contributed by atoms with van der Waals surface area (Å²) in [6.45, 7) is 1.98. The molecule has 4 heteroatoms. The van der Waals surface area contributed by atoms with Crippen molar-refractivity contribution < 1.29 is 4.42 Å². The molecule has 1 unspecified atom stereocenters. The van der Waals surface area contributed by atoms with Gasteiger partial charge in [-0.15, -0.1) is 0 Å². The topological polar surface area (TPSA) is 51.2 Å². The number of benzene rings is 1. The van der Waals surface area contributed by atoms with Crippen LogP contribution < -0.4 is 11.3 Å². The molecule has 1 aromatic carbocycles. The van der Waals surface area contributed by atoms with Gasteiger partial charge in [0.1, 0.15) is 0 Å². The SMILES string of the molecule is Cc1ccc(C(Cc2ccoc2)NN)cc1Cl. The lowest BCUT2D eigenvalue weighted by atomic mass is 10.00. The first-order valence-electron chi connectivity index (χ1n) is 5.44. The molecule has 2 aromatic rings. The molecule has 0 radical (unpaired) electrons. The van der Waals surface area contributed by atoms with Crippen LogP contribution in [0.25, 0.3) is 0 Å². The van der Waals surface area contributed by atoms with Gasteiger partial charge in [-0.2, -0.15) is 0 Å². The normalized spacial score (nSPS) is 12.6. The van der Waals surface area contributed by atoms with Gasteiger partial charge in [0.2, 0.25) is 0 Å². The Morgan fingerprint density at radius 2 is 2.24 bits per heavy atom. The van der Waals surface area contributed by atoms with Gasteiger partial charge < -0.3 is 4.42 Å². The average Bonchev–Trinajstić information content (AvgIpc) is 2.82. The van der Waals surface area contributed by atoms with Gasteiger partial charge >= 0.3 is 0 Å². The van der Waals surface area contributed by atoms with E-state index in [4.69, 9.17) is 21.9 Å². The number of halogens is 1. The smallest absolute Gasteiger partial charge is 0.0935 e. The molecule has 0 saturated heterocycles. The van der Waals surface area contributed by atoms with Crippen LogP contribution in [0.3, 0.4) is 0 Å². The lowest BCUT2D eigenvalue weighted by molar-refractivity contribution is 0.536. The van der Waals surface area contributed by atoms with Crippen molar-refractivity contribution in [1.29, 1.82) is 0 Å². The fourth-order valence-corrected chi connectivity index (χ4v) is 1.93. The van der Waals surface area contributed by atoms with E-state index in [0.29, 0.717) is 0 Å². The Kier molecular flexibility index (Phi) is 3.84. The second kappa shape index (κ2) is 5.36. The molecule has 1 aromatic heterocycles. The first kappa shape index (κ1) is 12.2. The van der Waals surface area contributed by atoms with Gasteiger partial charge in [0.25, 0.3) is 0 Å². The summed E-state index contributed by atoms with van der Waals surface area (Å²) in [6, 6.07) is 7.94. The minimum absolute atomic E-state index is 0.0331. The number of aryl methyl sites for hydroxylation is 1. The second-order valence-corrected chi connectivity index (χ2v) is 4.47. The zero-order valence-corrected chi connectivity index (χ0v) is 10.4. The van der Waals surface area contributed by atoms with Gasteiger partial charge in [-0.05, 0) is 42.2 Å². The summed E-state index contributed by atoms with van der Waals surface area (Å²) in [5.41, 5.74) is 6.04. The summed E-state index contributed by atoms with van der Waals surface area (Å²) in [7, 11) is 0. The molecule has 0 bridgehead atoms. The van der Waals surface area contributed by atoms with Gasteiger partial charge in [0.15, 0.2) is 0 Å². The fraction of sp³-hybridized carbons (Fsp3) is 0.231. The number of hydrogen-bond donors (Lipinski definition) is 2. The van der Waals surface area contributed by atoms with Crippen LogP contribution in [0.1, 0.15) is 22.7 Å². The maximum absolute atomic E-state index is 6.11. The standard InChI is InChI=1S/C13H15ClN2O/c1-9-2-3-11(7-12(9)14)13(16-15)6-10-4-5-17-8-10/h2-5,7-8,13,16H,6,15H2,1H3. The third kappa shape index (κ3) is 2.88. The Morgan fingerprint density at radius 1 is 1.41 bits per heavy atom. The quantitative estimate of drug-likeness (QED) is 0.648. The molecule has 0 aliphatic heterocycles. The molecule has 1 atom stereocenters. The first-order chi connectivity index (χ1) is 8.20. The van der Waals surface area contributed by atoms with Crippen molar-refractivity contribution in [2.24, 2.45) is 5.84 Å². The minimum atomic E-state index is 0.0331. The lowest BCUT2D eigenvalue weighted by Crippen LogP contribution is -2.29. The van der Waals surface area contributed by atoms with Gasteiger partial charge in [-0.1, -0.05) is 23.7 Å². The van der Waals surface area contributed by atoms with E-state index >= 15 is 0 Å². The molecule has 1 heterocycles. The zero-order chi connectivity index (χ0) is 12.3. The Morgan fingerprint density at radius 3 is 2.82 bits per heavy atom. The number of nitrogens with one attached hydrogen (secondary N) is 1. The van der Waals surface area contributed by atoms with E-state index in [1.807, 2.05) is 31.2 Å². The zero-order valence-electron chi connectivity index (χ0n) is 9.61. The summed E-state index contributed by atoms with van der Waals surface area (Å²) in [5.74, 6) is 5.59. The molecule has 2 rings (SSSR count). The Hall–Kier alpha value is -1.29. The third-order valence-electron chi connectivity index (χ3n) is 2.82. The second-order valence-electron chi connectivity index (χ2n) is 4.06. The van der Waals surface area contributed by atoms with Crippen LogP contribution in [0, 0.1) is 6.92 Å². The Bertz CT molecular complexity index is 482. The maximum atomic E-state index is 6.11. The molecule has 3 N–H and O–H groups in total. The van der Waals surface area contributed by atoms with Gasteiger partial charge in [0.05, 0.1) is 18.6 Å². The number of rotatable bonds is 4. The predicted octanol–water partition coefficient (Wildman–Crippen LogP) is 2.99. The van der Waals surface area contributed by atoms with E-state index in [1.54, 1.807) is 12.5 Å². The third-order valence-corrected chi connectivity index (χ3v) is 3.23. The summed E-state index contributed by atoms with van der Waals surface area (Å²) < 4.78 is 5.04. The van der Waals surface area contributed by atoms with Crippen molar-refractivity contribution >= 4 is 11.6 Å². The highest BCUT2D eigenvalue weighted by atomic mass is 35.5. The molecular formula is C13H15ClN2O. The molecule has 0 fully saturated rings. The fourth-order valence-electron chi connectivity index (χ4n) is 1.74. The van der Waals surface area contributed by atoms with Crippen molar-refractivity contribution in [1.82, 2.24) is 5.43 Å². The molecule has 3 nitrogen and oxygen atoms in total. The van der Waals surface area contributed by atoms with Crippen LogP contribution in [0.5, 0.6) is 0 Å². The van der Waals surface area contributed by atoms with Crippen LogP contribution in [0.2, 0.25) is 5.02 Å². The van der Waals surface area contributed by atoms with Crippen LogP contribution in [0.15, 0.2) is 41.2 Å². The van der Waals surface area contributed by atoms with Crippen molar-refractivity contribution in [3.8, 4) is 0 Å². The summed E-state index contributed by atoms with van der Waals surface area (Å²) in [6.07, 6.45) is 4.15. The first-order valence-corrected chi connectivity index (χ1v) is 5.81. The summed E-state index contributed by atoms with van der Waals surface area (Å²) in [5, 5.41) is 0.759. The van der Waals surface area contributed by atoms with Gasteiger partial charge in [-0.3, -0.25) is 11.3 Å². The summed E-state index contributed by atoms with van der Waals surface area (Å²) in [4.78, 5) is 0. The molecule has 0 aliphatic rings. The summed E-state index contributed by atoms with van der Waals surface area (Å²) >= 11 is 6.11. The van der Waals surface area contributed by atoms with E-state index < -0.39 is 0 Å².